The third-order valence-electron chi connectivity index (χ3n) is 2.91. The van der Waals surface area contributed by atoms with E-state index >= 15 is 0 Å². The fourth-order valence-corrected chi connectivity index (χ4v) is 5.60. The SMILES string of the molecule is C=CCCO[Si](OCCC=C)(C(C)C)C(C)C. The first kappa shape index (κ1) is 16.6. The molecule has 0 amide bonds. The summed E-state index contributed by atoms with van der Waals surface area (Å²) in [5.41, 5.74) is 0.911. The average Bonchev–Trinajstić information content (AvgIpc) is 2.26. The second kappa shape index (κ2) is 8.67. The van der Waals surface area contributed by atoms with Gasteiger partial charge in [0.2, 0.25) is 0 Å². The van der Waals surface area contributed by atoms with Crippen molar-refractivity contribution in [3.63, 3.8) is 0 Å². The average molecular weight is 256 g/mol. The minimum Gasteiger partial charge on any atom is -0.394 e. The molecule has 0 aliphatic carbocycles. The van der Waals surface area contributed by atoms with Gasteiger partial charge in [-0.15, -0.1) is 13.2 Å². The lowest BCUT2D eigenvalue weighted by Crippen LogP contribution is -2.48. The Hall–Kier alpha value is -0.383. The summed E-state index contributed by atoms with van der Waals surface area (Å²) in [5, 5.41) is 0. The Morgan fingerprint density at radius 3 is 1.47 bits per heavy atom. The van der Waals surface area contributed by atoms with Crippen molar-refractivity contribution in [2.75, 3.05) is 13.2 Å². The molecule has 0 saturated heterocycles. The molecule has 0 aromatic heterocycles. The first-order chi connectivity index (χ1) is 8.01. The molecule has 3 heteroatoms. The minimum absolute atomic E-state index is 0.456. The lowest BCUT2D eigenvalue weighted by Gasteiger charge is -2.37. The molecule has 0 fully saturated rings. The fourth-order valence-electron chi connectivity index (χ4n) is 1.98. The molecule has 0 heterocycles. The number of rotatable bonds is 10. The van der Waals surface area contributed by atoms with E-state index in [2.05, 4.69) is 40.9 Å². The molecular formula is C14H28O2Si. The molecule has 2 nitrogen and oxygen atoms in total. The highest BCUT2D eigenvalue weighted by atomic mass is 28.4. The molecule has 100 valence electrons. The van der Waals surface area contributed by atoms with Crippen molar-refractivity contribution in [2.45, 2.75) is 51.6 Å². The molecule has 0 aliphatic heterocycles. The summed E-state index contributed by atoms with van der Waals surface area (Å²) in [6.45, 7) is 17.7. The molecule has 0 unspecified atom stereocenters. The zero-order valence-corrected chi connectivity index (χ0v) is 12.9. The summed E-state index contributed by atoms with van der Waals surface area (Å²) in [6, 6.07) is 0. The van der Waals surface area contributed by atoms with Gasteiger partial charge in [-0.1, -0.05) is 39.8 Å². The molecular weight excluding hydrogens is 228 g/mol. The van der Waals surface area contributed by atoms with E-state index in [4.69, 9.17) is 8.85 Å². The predicted molar refractivity (Wildman–Crippen MR) is 77.5 cm³/mol. The first-order valence-electron chi connectivity index (χ1n) is 6.51. The molecule has 0 saturated carbocycles. The van der Waals surface area contributed by atoms with Gasteiger partial charge in [0.25, 0.3) is 0 Å². The Labute approximate surface area is 108 Å². The summed E-state index contributed by atoms with van der Waals surface area (Å²) in [5.74, 6) is 0. The van der Waals surface area contributed by atoms with E-state index in [9.17, 15) is 0 Å². The first-order valence-corrected chi connectivity index (χ1v) is 8.48. The molecule has 17 heavy (non-hydrogen) atoms. The summed E-state index contributed by atoms with van der Waals surface area (Å²) in [4.78, 5) is 0. The minimum atomic E-state index is -2.12. The van der Waals surface area contributed by atoms with Crippen LogP contribution in [-0.4, -0.2) is 21.8 Å². The molecule has 0 N–H and O–H groups in total. The van der Waals surface area contributed by atoms with Crippen LogP contribution in [0.4, 0.5) is 0 Å². The zero-order chi connectivity index (χ0) is 13.3. The Morgan fingerprint density at radius 1 is 0.882 bits per heavy atom. The van der Waals surface area contributed by atoms with Crippen LogP contribution in [-0.2, 0) is 8.85 Å². The van der Waals surface area contributed by atoms with Crippen LogP contribution in [0.5, 0.6) is 0 Å². The van der Waals surface area contributed by atoms with Crippen LogP contribution in [0.15, 0.2) is 25.3 Å². The number of hydrogen-bond acceptors (Lipinski definition) is 2. The van der Waals surface area contributed by atoms with Gasteiger partial charge < -0.3 is 8.85 Å². The highest BCUT2D eigenvalue weighted by Crippen LogP contribution is 2.34. The van der Waals surface area contributed by atoms with Crippen molar-refractivity contribution < 1.29 is 8.85 Å². The molecule has 0 atom stereocenters. The maximum absolute atomic E-state index is 6.15. The van der Waals surface area contributed by atoms with Crippen molar-refractivity contribution in [1.82, 2.24) is 0 Å². The van der Waals surface area contributed by atoms with E-state index in [0.717, 1.165) is 26.1 Å². The standard InChI is InChI=1S/C14H28O2Si/c1-7-9-11-15-17(13(3)4,14(5)6)16-12-10-8-2/h7-8,13-14H,1-2,9-12H2,3-6H3. The molecule has 0 aliphatic rings. The third kappa shape index (κ3) is 5.19. The summed E-state index contributed by atoms with van der Waals surface area (Å²) in [7, 11) is -2.12. The quantitative estimate of drug-likeness (QED) is 0.327. The Morgan fingerprint density at radius 2 is 1.24 bits per heavy atom. The van der Waals surface area contributed by atoms with Gasteiger partial charge in [-0.25, -0.2) is 0 Å². The lowest BCUT2D eigenvalue weighted by molar-refractivity contribution is 0.157. The summed E-state index contributed by atoms with van der Waals surface area (Å²) >= 11 is 0. The zero-order valence-electron chi connectivity index (χ0n) is 11.9. The van der Waals surface area contributed by atoms with Crippen LogP contribution in [0.25, 0.3) is 0 Å². The van der Waals surface area contributed by atoms with Crippen molar-refractivity contribution >= 4 is 8.56 Å². The smallest absolute Gasteiger partial charge is 0.343 e. The maximum Gasteiger partial charge on any atom is 0.343 e. The molecule has 0 spiro atoms. The van der Waals surface area contributed by atoms with E-state index in [1.807, 2.05) is 12.2 Å². The Bertz CT molecular complexity index is 200. The third-order valence-corrected chi connectivity index (χ3v) is 7.44. The van der Waals surface area contributed by atoms with Crippen molar-refractivity contribution in [3.8, 4) is 0 Å². The van der Waals surface area contributed by atoms with Crippen molar-refractivity contribution in [1.29, 1.82) is 0 Å². The monoisotopic (exact) mass is 256 g/mol. The summed E-state index contributed by atoms with van der Waals surface area (Å²) in [6.07, 6.45) is 5.56. The largest absolute Gasteiger partial charge is 0.394 e. The molecule has 0 aromatic carbocycles. The molecule has 0 radical (unpaired) electrons. The summed E-state index contributed by atoms with van der Waals surface area (Å²) < 4.78 is 12.3. The highest BCUT2D eigenvalue weighted by molar-refractivity contribution is 6.70. The second-order valence-electron chi connectivity index (χ2n) is 4.88. The van der Waals surface area contributed by atoms with Crippen LogP contribution in [0.2, 0.25) is 11.1 Å². The predicted octanol–water partition coefficient (Wildman–Crippen LogP) is 4.43. The highest BCUT2D eigenvalue weighted by Gasteiger charge is 2.44. The molecule has 0 rings (SSSR count). The van der Waals surface area contributed by atoms with Crippen LogP contribution in [0.1, 0.15) is 40.5 Å². The fraction of sp³-hybridized carbons (Fsp3) is 0.714. The van der Waals surface area contributed by atoms with Gasteiger partial charge in [-0.3, -0.25) is 0 Å². The second-order valence-corrected chi connectivity index (χ2v) is 9.21. The van der Waals surface area contributed by atoms with Gasteiger partial charge in [0, 0.05) is 13.2 Å². The van der Waals surface area contributed by atoms with Gasteiger partial charge in [0.05, 0.1) is 0 Å². The normalized spacial score (nSPS) is 12.1. The topological polar surface area (TPSA) is 18.5 Å². The van der Waals surface area contributed by atoms with Gasteiger partial charge in [0.1, 0.15) is 0 Å². The van der Waals surface area contributed by atoms with E-state index in [1.54, 1.807) is 0 Å². The van der Waals surface area contributed by atoms with Crippen molar-refractivity contribution in [3.05, 3.63) is 25.3 Å². The van der Waals surface area contributed by atoms with Crippen molar-refractivity contribution in [2.24, 2.45) is 0 Å². The van der Waals surface area contributed by atoms with Crippen LogP contribution in [0, 0.1) is 0 Å². The van der Waals surface area contributed by atoms with Gasteiger partial charge in [-0.2, -0.15) is 0 Å². The van der Waals surface area contributed by atoms with E-state index in [-0.39, 0.29) is 0 Å². The Balaban J connectivity index is 4.60. The van der Waals surface area contributed by atoms with E-state index in [1.165, 1.54) is 0 Å². The van der Waals surface area contributed by atoms with Crippen LogP contribution < -0.4 is 0 Å². The lowest BCUT2D eigenvalue weighted by atomic mass is 10.5. The van der Waals surface area contributed by atoms with E-state index < -0.39 is 8.56 Å². The van der Waals surface area contributed by atoms with Gasteiger partial charge in [0.15, 0.2) is 0 Å². The van der Waals surface area contributed by atoms with Gasteiger partial charge in [-0.05, 0) is 23.9 Å². The van der Waals surface area contributed by atoms with Crippen LogP contribution in [0.3, 0.4) is 0 Å². The Kier molecular flexibility index (Phi) is 8.48. The van der Waals surface area contributed by atoms with Gasteiger partial charge >= 0.3 is 8.56 Å². The van der Waals surface area contributed by atoms with E-state index in [0.29, 0.717) is 11.1 Å². The maximum atomic E-state index is 6.15. The van der Waals surface area contributed by atoms with Crippen LogP contribution >= 0.6 is 0 Å². The molecule has 0 bridgehead atoms. The molecule has 0 aromatic rings. The number of hydrogen-bond donors (Lipinski definition) is 0.